The van der Waals surface area contributed by atoms with Gasteiger partial charge in [0.1, 0.15) is 0 Å². The molecule has 0 saturated carbocycles. The van der Waals surface area contributed by atoms with E-state index in [4.69, 9.17) is 23.2 Å². The summed E-state index contributed by atoms with van der Waals surface area (Å²) in [6.07, 6.45) is 2.81. The maximum absolute atomic E-state index is 12.5. The Balaban J connectivity index is 2.59. The minimum Gasteiger partial charge on any atom is -0.366 e. The summed E-state index contributed by atoms with van der Waals surface area (Å²) in [7, 11) is -1.73. The molecule has 0 amide bonds. The second-order valence-electron chi connectivity index (χ2n) is 5.89. The first-order chi connectivity index (χ1) is 12.1. The van der Waals surface area contributed by atoms with Crippen molar-refractivity contribution in [1.29, 1.82) is 0 Å². The molecule has 0 aliphatic heterocycles. The molecule has 8 heteroatoms. The molecule has 5 nitrogen and oxygen atoms in total. The normalized spacial score (nSPS) is 11.8. The fourth-order valence-corrected chi connectivity index (χ4v) is 3.87. The molecule has 2 aromatic rings. The van der Waals surface area contributed by atoms with Crippen molar-refractivity contribution in [3.63, 3.8) is 0 Å². The molecule has 0 saturated heterocycles. The number of para-hydroxylation sites is 1. The number of nitrogens with zero attached hydrogens (tertiary/aromatic N) is 3. The third-order valence-electron chi connectivity index (χ3n) is 3.78. The number of sulfonamides is 1. The van der Waals surface area contributed by atoms with Crippen LogP contribution >= 0.6 is 23.2 Å². The summed E-state index contributed by atoms with van der Waals surface area (Å²) in [5, 5.41) is 0.687. The van der Waals surface area contributed by atoms with Crippen molar-refractivity contribution >= 4 is 56.6 Å². The summed E-state index contributed by atoms with van der Waals surface area (Å²) < 4.78 is 26.1. The van der Waals surface area contributed by atoms with Crippen molar-refractivity contribution in [2.24, 2.45) is 4.99 Å². The van der Waals surface area contributed by atoms with Crippen LogP contribution < -0.4 is 4.31 Å². The highest BCUT2D eigenvalue weighted by Crippen LogP contribution is 2.39. The lowest BCUT2D eigenvalue weighted by Gasteiger charge is -2.25. The molecule has 2 rings (SSSR count). The van der Waals surface area contributed by atoms with E-state index >= 15 is 0 Å². The molecule has 0 bridgehead atoms. The Morgan fingerprint density at radius 1 is 1.12 bits per heavy atom. The Morgan fingerprint density at radius 2 is 1.77 bits per heavy atom. The molecule has 0 heterocycles. The Labute approximate surface area is 164 Å². The highest BCUT2D eigenvalue weighted by molar-refractivity contribution is 7.92. The van der Waals surface area contributed by atoms with Gasteiger partial charge in [-0.3, -0.25) is 0 Å². The van der Waals surface area contributed by atoms with Crippen LogP contribution in [-0.4, -0.2) is 39.5 Å². The van der Waals surface area contributed by atoms with Gasteiger partial charge in [-0.05, 0) is 43.7 Å². The van der Waals surface area contributed by atoms with Gasteiger partial charge in [0.25, 0.3) is 0 Å². The van der Waals surface area contributed by atoms with E-state index in [1.807, 2.05) is 25.8 Å². The predicted molar refractivity (Wildman–Crippen MR) is 111 cm³/mol. The number of hydrogen-bond donors (Lipinski definition) is 0. The van der Waals surface area contributed by atoms with E-state index in [0.29, 0.717) is 32.7 Å². The molecule has 0 unspecified atom stereocenters. The summed E-state index contributed by atoms with van der Waals surface area (Å²) in [5.41, 5.74) is 2.10. The van der Waals surface area contributed by atoms with E-state index in [2.05, 4.69) is 4.99 Å². The SMILES string of the molecule is CCN(C)C=Nc1cc(C)c(N(c2ccccc2Cl)S(C)(=O)=O)cc1Cl. The minimum absolute atomic E-state index is 0.333. The van der Waals surface area contributed by atoms with E-state index in [0.717, 1.165) is 12.8 Å². The average Bonchev–Trinajstić information content (AvgIpc) is 2.56. The predicted octanol–water partition coefficient (Wildman–Crippen LogP) is 5.01. The first-order valence-electron chi connectivity index (χ1n) is 7.94. The van der Waals surface area contributed by atoms with Crippen LogP contribution in [0.5, 0.6) is 0 Å². The third kappa shape index (κ3) is 4.69. The van der Waals surface area contributed by atoms with Crippen LogP contribution in [0.1, 0.15) is 12.5 Å². The molecule has 26 heavy (non-hydrogen) atoms. The summed E-state index contributed by atoms with van der Waals surface area (Å²) in [4.78, 5) is 6.27. The van der Waals surface area contributed by atoms with Crippen molar-refractivity contribution in [2.75, 3.05) is 24.2 Å². The Hall–Kier alpha value is -1.76. The van der Waals surface area contributed by atoms with E-state index in [9.17, 15) is 8.42 Å². The number of anilines is 2. The molecule has 2 aromatic carbocycles. The van der Waals surface area contributed by atoms with Gasteiger partial charge in [0.05, 0.1) is 39.7 Å². The van der Waals surface area contributed by atoms with Crippen LogP contribution in [0.15, 0.2) is 41.4 Å². The minimum atomic E-state index is -3.63. The van der Waals surface area contributed by atoms with Crippen molar-refractivity contribution in [3.05, 3.63) is 52.0 Å². The lowest BCUT2D eigenvalue weighted by molar-refractivity contribution is 0.552. The number of benzene rings is 2. The second-order valence-corrected chi connectivity index (χ2v) is 8.53. The molecular formula is C18H21Cl2N3O2S. The van der Waals surface area contributed by atoms with Crippen LogP contribution in [0.25, 0.3) is 0 Å². The van der Waals surface area contributed by atoms with Crippen LogP contribution in [0.2, 0.25) is 10.0 Å². The highest BCUT2D eigenvalue weighted by Gasteiger charge is 2.24. The van der Waals surface area contributed by atoms with Crippen molar-refractivity contribution in [1.82, 2.24) is 4.90 Å². The third-order valence-corrected chi connectivity index (χ3v) is 5.46. The number of halogens is 2. The van der Waals surface area contributed by atoms with Crippen LogP contribution in [0.4, 0.5) is 17.1 Å². The van der Waals surface area contributed by atoms with Crippen LogP contribution in [-0.2, 0) is 10.0 Å². The summed E-state index contributed by atoms with van der Waals surface area (Å²) in [6, 6.07) is 10.1. The van der Waals surface area contributed by atoms with Crippen molar-refractivity contribution in [2.45, 2.75) is 13.8 Å². The van der Waals surface area contributed by atoms with E-state index in [1.165, 1.54) is 4.31 Å². The first-order valence-corrected chi connectivity index (χ1v) is 10.5. The van der Waals surface area contributed by atoms with Crippen LogP contribution in [0.3, 0.4) is 0 Å². The highest BCUT2D eigenvalue weighted by atomic mass is 35.5. The smallest absolute Gasteiger partial charge is 0.236 e. The van der Waals surface area contributed by atoms with Gasteiger partial charge in [-0.2, -0.15) is 0 Å². The largest absolute Gasteiger partial charge is 0.366 e. The number of hydrogen-bond acceptors (Lipinski definition) is 3. The summed E-state index contributed by atoms with van der Waals surface area (Å²) >= 11 is 12.6. The lowest BCUT2D eigenvalue weighted by atomic mass is 10.1. The zero-order valence-corrected chi connectivity index (χ0v) is 17.4. The molecule has 0 fully saturated rings. The Bertz CT molecular complexity index is 930. The van der Waals surface area contributed by atoms with Gasteiger partial charge in [0.15, 0.2) is 0 Å². The Kier molecular flexibility index (Phi) is 6.55. The van der Waals surface area contributed by atoms with E-state index in [1.54, 1.807) is 42.7 Å². The molecule has 0 aliphatic rings. The molecule has 0 atom stereocenters. The van der Waals surface area contributed by atoms with Gasteiger partial charge in [-0.1, -0.05) is 35.3 Å². The molecular weight excluding hydrogens is 393 g/mol. The quantitative estimate of drug-likeness (QED) is 0.493. The molecule has 0 aliphatic carbocycles. The van der Waals surface area contributed by atoms with Crippen molar-refractivity contribution in [3.8, 4) is 0 Å². The average molecular weight is 414 g/mol. The summed E-state index contributed by atoms with van der Waals surface area (Å²) in [5.74, 6) is 0. The van der Waals surface area contributed by atoms with Gasteiger partial charge >= 0.3 is 0 Å². The lowest BCUT2D eigenvalue weighted by Crippen LogP contribution is -2.25. The zero-order chi connectivity index (χ0) is 19.5. The maximum atomic E-state index is 12.5. The van der Waals surface area contributed by atoms with Gasteiger partial charge in [0.2, 0.25) is 10.0 Å². The molecule has 0 aromatic heterocycles. The van der Waals surface area contributed by atoms with Gasteiger partial charge in [-0.15, -0.1) is 0 Å². The molecule has 140 valence electrons. The Morgan fingerprint density at radius 3 is 2.35 bits per heavy atom. The van der Waals surface area contributed by atoms with Gasteiger partial charge in [0, 0.05) is 13.6 Å². The summed E-state index contributed by atoms with van der Waals surface area (Å²) in [6.45, 7) is 4.63. The topological polar surface area (TPSA) is 53.0 Å². The zero-order valence-electron chi connectivity index (χ0n) is 15.1. The maximum Gasteiger partial charge on any atom is 0.236 e. The van der Waals surface area contributed by atoms with Gasteiger partial charge in [-0.25, -0.2) is 17.7 Å². The van der Waals surface area contributed by atoms with Crippen LogP contribution in [0, 0.1) is 6.92 Å². The number of rotatable bonds is 6. The number of aliphatic imine (C=N–C) groups is 1. The monoisotopic (exact) mass is 413 g/mol. The second kappa shape index (κ2) is 8.29. The fraction of sp³-hybridized carbons (Fsp3) is 0.278. The van der Waals surface area contributed by atoms with Crippen molar-refractivity contribution < 1.29 is 8.42 Å². The number of aryl methyl sites for hydroxylation is 1. The molecule has 0 radical (unpaired) electrons. The van der Waals surface area contributed by atoms with E-state index in [-0.39, 0.29) is 0 Å². The van der Waals surface area contributed by atoms with E-state index < -0.39 is 10.0 Å². The first kappa shape index (κ1) is 20.6. The van der Waals surface area contributed by atoms with Gasteiger partial charge < -0.3 is 4.90 Å². The standard InChI is InChI=1S/C18H21Cl2N3O2S/c1-5-22(3)12-21-16-10-13(2)18(11-15(16)20)23(26(4,24)25)17-9-7-6-8-14(17)19/h6-12H,5H2,1-4H3. The molecule has 0 spiro atoms. The molecule has 0 N–H and O–H groups in total. The fourth-order valence-electron chi connectivity index (χ4n) is 2.32.